The Kier molecular flexibility index (Phi) is 4.61. The Labute approximate surface area is 177 Å². The number of rotatable bonds is 4. The SMILES string of the molecule is CC(C)NC(=O)c1cnc(N2CCc3[nH]cnc3[C@@H]2c2cc3c(F)cccn3n2)cn1. The standard InChI is InChI=1S/C21H21FN8O/c1-12(2)27-21(31)16-9-24-18(10-23-16)29-7-5-14-19(26-11-25-14)20(29)15-8-17-13(22)4-3-6-30(17)28-15/h3-4,6,8-12,20H,5,7H2,1-2H3,(H,25,26)(H,27,31)/t20-/m0/s1. The highest BCUT2D eigenvalue weighted by Gasteiger charge is 2.34. The average Bonchev–Trinajstić information content (AvgIpc) is 3.40. The van der Waals surface area contributed by atoms with E-state index >= 15 is 0 Å². The molecule has 0 saturated carbocycles. The van der Waals surface area contributed by atoms with Crippen LogP contribution < -0.4 is 10.2 Å². The molecular weight excluding hydrogens is 399 g/mol. The normalized spacial score (nSPS) is 16.0. The molecule has 10 heteroatoms. The molecule has 5 rings (SSSR count). The van der Waals surface area contributed by atoms with Crippen LogP contribution in [0.15, 0.2) is 43.1 Å². The van der Waals surface area contributed by atoms with Crippen molar-refractivity contribution in [3.63, 3.8) is 0 Å². The third-order valence-corrected chi connectivity index (χ3v) is 5.26. The molecule has 31 heavy (non-hydrogen) atoms. The summed E-state index contributed by atoms with van der Waals surface area (Å²) in [4.78, 5) is 30.7. The second-order valence-electron chi connectivity index (χ2n) is 7.76. The van der Waals surface area contributed by atoms with Crippen LogP contribution in [0.1, 0.15) is 47.5 Å². The highest BCUT2D eigenvalue weighted by molar-refractivity contribution is 5.92. The van der Waals surface area contributed by atoms with Crippen LogP contribution in [-0.4, -0.2) is 48.0 Å². The number of halogens is 1. The smallest absolute Gasteiger partial charge is 0.271 e. The van der Waals surface area contributed by atoms with Gasteiger partial charge < -0.3 is 15.2 Å². The van der Waals surface area contributed by atoms with Crippen LogP contribution in [0.25, 0.3) is 5.52 Å². The van der Waals surface area contributed by atoms with E-state index in [4.69, 9.17) is 0 Å². The van der Waals surface area contributed by atoms with Crippen molar-refractivity contribution < 1.29 is 9.18 Å². The topological polar surface area (TPSA) is 104 Å². The van der Waals surface area contributed by atoms with Gasteiger partial charge in [-0.2, -0.15) is 5.10 Å². The van der Waals surface area contributed by atoms with Crippen LogP contribution >= 0.6 is 0 Å². The number of amides is 1. The quantitative estimate of drug-likeness (QED) is 0.525. The first-order valence-electron chi connectivity index (χ1n) is 10.1. The maximum atomic E-state index is 14.3. The summed E-state index contributed by atoms with van der Waals surface area (Å²) in [5, 5.41) is 7.40. The summed E-state index contributed by atoms with van der Waals surface area (Å²) in [6, 6.07) is 4.40. The van der Waals surface area contributed by atoms with Gasteiger partial charge >= 0.3 is 0 Å². The third-order valence-electron chi connectivity index (χ3n) is 5.26. The summed E-state index contributed by atoms with van der Waals surface area (Å²) in [5.41, 5.74) is 3.13. The number of carbonyl (C=O) groups excluding carboxylic acids is 1. The molecule has 158 valence electrons. The van der Waals surface area contributed by atoms with Crippen molar-refractivity contribution in [2.24, 2.45) is 0 Å². The van der Waals surface area contributed by atoms with Crippen LogP contribution in [0, 0.1) is 5.82 Å². The summed E-state index contributed by atoms with van der Waals surface area (Å²) in [5.74, 6) is -0.0156. The van der Waals surface area contributed by atoms with Gasteiger partial charge in [0.1, 0.15) is 28.9 Å². The van der Waals surface area contributed by atoms with Gasteiger partial charge in [-0.3, -0.25) is 4.79 Å². The Morgan fingerprint density at radius 1 is 1.29 bits per heavy atom. The molecule has 2 N–H and O–H groups in total. The van der Waals surface area contributed by atoms with Crippen molar-refractivity contribution in [3.05, 3.63) is 71.7 Å². The first-order valence-corrected chi connectivity index (χ1v) is 10.1. The number of hydrogen-bond donors (Lipinski definition) is 2. The predicted octanol–water partition coefficient (Wildman–Crippen LogP) is 2.28. The van der Waals surface area contributed by atoms with Gasteiger partial charge in [-0.15, -0.1) is 0 Å². The zero-order valence-corrected chi connectivity index (χ0v) is 17.1. The van der Waals surface area contributed by atoms with E-state index in [2.05, 4.69) is 30.4 Å². The van der Waals surface area contributed by atoms with Gasteiger partial charge in [0.15, 0.2) is 0 Å². The lowest BCUT2D eigenvalue weighted by molar-refractivity contribution is 0.0937. The number of anilines is 1. The van der Waals surface area contributed by atoms with E-state index in [1.54, 1.807) is 30.9 Å². The Balaban J connectivity index is 1.54. The molecule has 5 heterocycles. The van der Waals surface area contributed by atoms with Crippen LogP contribution in [-0.2, 0) is 6.42 Å². The van der Waals surface area contributed by atoms with Crippen LogP contribution in [0.2, 0.25) is 0 Å². The van der Waals surface area contributed by atoms with Gasteiger partial charge in [-0.25, -0.2) is 23.9 Å². The molecule has 0 fully saturated rings. The highest BCUT2D eigenvalue weighted by Crippen LogP contribution is 2.35. The monoisotopic (exact) mass is 420 g/mol. The number of nitrogens with zero attached hydrogens (tertiary/aromatic N) is 6. The molecule has 0 spiro atoms. The molecule has 1 amide bonds. The average molecular weight is 420 g/mol. The minimum atomic E-state index is -0.362. The molecule has 9 nitrogen and oxygen atoms in total. The van der Waals surface area contributed by atoms with Crippen molar-refractivity contribution in [1.82, 2.24) is 34.9 Å². The molecule has 0 aromatic carbocycles. The summed E-state index contributed by atoms with van der Waals surface area (Å²) in [6.45, 7) is 4.41. The fraction of sp³-hybridized carbons (Fsp3) is 0.286. The first-order chi connectivity index (χ1) is 15.0. The van der Waals surface area contributed by atoms with Gasteiger partial charge in [0.25, 0.3) is 5.91 Å². The largest absolute Gasteiger partial charge is 0.348 e. The minimum absolute atomic E-state index is 0.00832. The van der Waals surface area contributed by atoms with Crippen molar-refractivity contribution in [1.29, 1.82) is 0 Å². The van der Waals surface area contributed by atoms with E-state index in [9.17, 15) is 9.18 Å². The number of hydrogen-bond acceptors (Lipinski definition) is 6. The fourth-order valence-electron chi connectivity index (χ4n) is 3.88. The summed E-state index contributed by atoms with van der Waals surface area (Å²) < 4.78 is 15.8. The van der Waals surface area contributed by atoms with Crippen molar-refractivity contribution in [2.75, 3.05) is 11.4 Å². The molecule has 1 aliphatic rings. The van der Waals surface area contributed by atoms with Gasteiger partial charge in [0.2, 0.25) is 0 Å². The molecule has 1 aliphatic heterocycles. The van der Waals surface area contributed by atoms with E-state index in [0.717, 1.165) is 17.8 Å². The second-order valence-corrected chi connectivity index (χ2v) is 7.76. The summed E-state index contributed by atoms with van der Waals surface area (Å²) >= 11 is 0. The lowest BCUT2D eigenvalue weighted by Gasteiger charge is -2.34. The summed E-state index contributed by atoms with van der Waals surface area (Å²) in [6.07, 6.45) is 7.15. The molecule has 0 radical (unpaired) electrons. The maximum absolute atomic E-state index is 14.3. The number of pyridine rings is 1. The minimum Gasteiger partial charge on any atom is -0.348 e. The number of H-pyrrole nitrogens is 1. The number of imidazole rings is 1. The Morgan fingerprint density at radius 2 is 2.16 bits per heavy atom. The summed E-state index contributed by atoms with van der Waals surface area (Å²) in [7, 11) is 0. The highest BCUT2D eigenvalue weighted by atomic mass is 19.1. The predicted molar refractivity (Wildman–Crippen MR) is 111 cm³/mol. The van der Waals surface area contributed by atoms with Gasteiger partial charge in [0.05, 0.1) is 30.1 Å². The molecule has 0 bridgehead atoms. The number of carbonyl (C=O) groups is 1. The molecule has 4 aromatic heterocycles. The van der Waals surface area contributed by atoms with Crippen LogP contribution in [0.3, 0.4) is 0 Å². The molecular formula is C21H21FN8O. The lowest BCUT2D eigenvalue weighted by Crippen LogP contribution is -2.37. The molecule has 0 saturated heterocycles. The van der Waals surface area contributed by atoms with E-state index in [1.165, 1.54) is 16.8 Å². The Morgan fingerprint density at radius 3 is 2.90 bits per heavy atom. The molecule has 1 atom stereocenters. The lowest BCUT2D eigenvalue weighted by atomic mass is 10.00. The Bertz CT molecular complexity index is 1250. The molecule has 0 unspecified atom stereocenters. The number of fused-ring (bicyclic) bond motifs is 2. The first kappa shape index (κ1) is 19.2. The fourth-order valence-corrected chi connectivity index (χ4v) is 3.88. The maximum Gasteiger partial charge on any atom is 0.271 e. The molecule has 0 aliphatic carbocycles. The number of aromatic nitrogens is 6. The van der Waals surface area contributed by atoms with Crippen molar-refractivity contribution in [2.45, 2.75) is 32.4 Å². The Hall–Kier alpha value is -3.82. The van der Waals surface area contributed by atoms with Gasteiger partial charge in [-0.1, -0.05) is 0 Å². The number of aromatic amines is 1. The number of nitrogens with one attached hydrogen (secondary N) is 2. The van der Waals surface area contributed by atoms with E-state index < -0.39 is 0 Å². The van der Waals surface area contributed by atoms with E-state index in [-0.39, 0.29) is 29.5 Å². The zero-order valence-electron chi connectivity index (χ0n) is 17.1. The molecule has 4 aromatic rings. The third kappa shape index (κ3) is 3.39. The zero-order chi connectivity index (χ0) is 21.5. The van der Waals surface area contributed by atoms with Crippen LogP contribution in [0.4, 0.5) is 10.2 Å². The second kappa shape index (κ2) is 7.46. The van der Waals surface area contributed by atoms with Gasteiger partial charge in [0, 0.05) is 30.9 Å². The van der Waals surface area contributed by atoms with E-state index in [1.807, 2.05) is 18.7 Å². The van der Waals surface area contributed by atoms with Gasteiger partial charge in [-0.05, 0) is 32.0 Å². The van der Waals surface area contributed by atoms with E-state index in [0.29, 0.717) is 23.6 Å². The van der Waals surface area contributed by atoms with Crippen LogP contribution in [0.5, 0.6) is 0 Å². The van der Waals surface area contributed by atoms with Crippen molar-refractivity contribution >= 4 is 17.2 Å². The van der Waals surface area contributed by atoms with Crippen molar-refractivity contribution in [3.8, 4) is 0 Å².